The van der Waals surface area contributed by atoms with Crippen molar-refractivity contribution in [2.45, 2.75) is 32.7 Å². The average Bonchev–Trinajstić information content (AvgIpc) is 3.54. The van der Waals surface area contributed by atoms with Crippen LogP contribution in [0.25, 0.3) is 5.76 Å². The van der Waals surface area contributed by atoms with E-state index in [1.54, 1.807) is 30.3 Å². The van der Waals surface area contributed by atoms with Crippen LogP contribution in [0.4, 0.5) is 22.9 Å². The molecule has 2 aliphatic rings. The summed E-state index contributed by atoms with van der Waals surface area (Å²) in [6.07, 6.45) is 2.72. The number of Topliss-reactive ketones (excluding diaryl/α,β-unsaturated/α-hetero) is 1. The molecule has 2 amide bonds. The van der Waals surface area contributed by atoms with Crippen molar-refractivity contribution in [2.75, 3.05) is 11.1 Å². The number of nitrogens with one attached hydrogen (secondary N) is 1. The van der Waals surface area contributed by atoms with Gasteiger partial charge in [0.25, 0.3) is 11.8 Å². The van der Waals surface area contributed by atoms with E-state index in [4.69, 9.17) is 10.2 Å². The first kappa shape index (κ1) is 23.0. The smallest absolute Gasteiger partial charge is 0.264 e. The van der Waals surface area contributed by atoms with Crippen LogP contribution in [0, 0.1) is 0 Å². The van der Waals surface area contributed by atoms with Gasteiger partial charge in [-0.15, -0.1) is 10.2 Å². The normalized spacial score (nSPS) is 15.0. The van der Waals surface area contributed by atoms with Crippen LogP contribution in [-0.4, -0.2) is 33.6 Å². The van der Waals surface area contributed by atoms with Gasteiger partial charge in [0, 0.05) is 34.6 Å². The molecule has 36 heavy (non-hydrogen) atoms. The highest BCUT2D eigenvalue weighted by Crippen LogP contribution is 2.39. The molecule has 2 aromatic carbocycles. The summed E-state index contributed by atoms with van der Waals surface area (Å²) >= 11 is 0. The van der Waals surface area contributed by atoms with E-state index in [-0.39, 0.29) is 45.6 Å². The first-order chi connectivity index (χ1) is 17.3. The zero-order valence-corrected chi connectivity index (χ0v) is 19.6. The quantitative estimate of drug-likeness (QED) is 0.224. The Hall–Kier alpha value is -4.73. The second-order valence-corrected chi connectivity index (χ2v) is 8.46. The third kappa shape index (κ3) is 3.54. The van der Waals surface area contributed by atoms with Gasteiger partial charge in [-0.1, -0.05) is 13.8 Å². The SMILES string of the molecule is CCC(CC)N1C(=O)c2c(N)ccc(N=NC3=C(O)c4ccc(Nc5ccco5)cc4C3=O)c2C1=O. The van der Waals surface area contributed by atoms with Gasteiger partial charge in [0.15, 0.2) is 17.3 Å². The molecular formula is C26H23N5O5. The van der Waals surface area contributed by atoms with Crippen LogP contribution in [0.5, 0.6) is 0 Å². The number of hydrogen-bond donors (Lipinski definition) is 3. The van der Waals surface area contributed by atoms with E-state index >= 15 is 0 Å². The fourth-order valence-electron chi connectivity index (χ4n) is 4.52. The highest BCUT2D eigenvalue weighted by atomic mass is 16.3. The summed E-state index contributed by atoms with van der Waals surface area (Å²) in [6, 6.07) is 11.0. The number of carbonyl (C=O) groups excluding carboxylic acids is 3. The lowest BCUT2D eigenvalue weighted by Crippen LogP contribution is -2.39. The molecule has 0 saturated carbocycles. The Morgan fingerprint density at radius 2 is 1.75 bits per heavy atom. The number of anilines is 3. The second-order valence-electron chi connectivity index (χ2n) is 8.46. The molecule has 0 radical (unpaired) electrons. The molecule has 0 bridgehead atoms. The molecule has 182 valence electrons. The van der Waals surface area contributed by atoms with Gasteiger partial charge in [-0.05, 0) is 49.2 Å². The van der Waals surface area contributed by atoms with Gasteiger partial charge in [-0.25, -0.2) is 0 Å². The molecule has 0 fully saturated rings. The Morgan fingerprint density at radius 3 is 2.44 bits per heavy atom. The molecule has 1 aliphatic carbocycles. The molecule has 1 aliphatic heterocycles. The van der Waals surface area contributed by atoms with E-state index in [1.807, 2.05) is 13.8 Å². The van der Waals surface area contributed by atoms with Gasteiger partial charge in [-0.2, -0.15) is 0 Å². The number of rotatable bonds is 7. The number of aliphatic hydroxyl groups excluding tert-OH is 1. The maximum absolute atomic E-state index is 13.2. The topological polar surface area (TPSA) is 151 Å². The van der Waals surface area contributed by atoms with E-state index in [0.29, 0.717) is 30.0 Å². The van der Waals surface area contributed by atoms with Crippen LogP contribution in [0.2, 0.25) is 0 Å². The number of azo groups is 1. The van der Waals surface area contributed by atoms with Crippen LogP contribution < -0.4 is 11.1 Å². The Kier molecular flexibility index (Phi) is 5.63. The number of hydrogen-bond acceptors (Lipinski definition) is 9. The summed E-state index contributed by atoms with van der Waals surface area (Å²) in [4.78, 5) is 40.5. The molecular weight excluding hydrogens is 462 g/mol. The van der Waals surface area contributed by atoms with Crippen molar-refractivity contribution < 1.29 is 23.9 Å². The minimum Gasteiger partial charge on any atom is -0.505 e. The number of nitrogens with zero attached hydrogens (tertiary/aromatic N) is 3. The van der Waals surface area contributed by atoms with Crippen molar-refractivity contribution in [3.63, 3.8) is 0 Å². The number of nitrogens with two attached hydrogens (primary N) is 1. The lowest BCUT2D eigenvalue weighted by Gasteiger charge is -2.23. The number of furan rings is 1. The largest absolute Gasteiger partial charge is 0.505 e. The molecule has 0 spiro atoms. The lowest BCUT2D eigenvalue weighted by atomic mass is 10.1. The number of imide groups is 1. The summed E-state index contributed by atoms with van der Waals surface area (Å²) in [5.41, 5.74) is 7.29. The summed E-state index contributed by atoms with van der Waals surface area (Å²) in [6.45, 7) is 3.80. The van der Waals surface area contributed by atoms with E-state index in [2.05, 4.69) is 15.5 Å². The van der Waals surface area contributed by atoms with Crippen molar-refractivity contribution in [1.82, 2.24) is 4.90 Å². The predicted molar refractivity (Wildman–Crippen MR) is 133 cm³/mol. The van der Waals surface area contributed by atoms with E-state index < -0.39 is 17.6 Å². The first-order valence-electron chi connectivity index (χ1n) is 11.5. The molecule has 3 aromatic rings. The fraction of sp³-hybridized carbons (Fsp3) is 0.192. The molecule has 5 rings (SSSR count). The Bertz CT molecular complexity index is 1470. The number of benzene rings is 2. The highest BCUT2D eigenvalue weighted by molar-refractivity contribution is 6.26. The molecule has 0 atom stereocenters. The second kappa shape index (κ2) is 8.81. The van der Waals surface area contributed by atoms with Crippen molar-refractivity contribution in [1.29, 1.82) is 0 Å². The number of aliphatic hydroxyl groups is 1. The Labute approximate surface area is 206 Å². The Balaban J connectivity index is 1.47. The molecule has 10 heteroatoms. The van der Waals surface area contributed by atoms with Crippen LogP contribution in [0.15, 0.2) is 69.1 Å². The number of nitrogen functional groups attached to an aromatic ring is 1. The van der Waals surface area contributed by atoms with Crippen molar-refractivity contribution in [3.05, 3.63) is 76.7 Å². The Morgan fingerprint density at radius 1 is 1.00 bits per heavy atom. The molecule has 1 aromatic heterocycles. The predicted octanol–water partition coefficient (Wildman–Crippen LogP) is 5.60. The van der Waals surface area contributed by atoms with E-state index in [0.717, 1.165) is 0 Å². The van der Waals surface area contributed by atoms with Crippen LogP contribution >= 0.6 is 0 Å². The van der Waals surface area contributed by atoms with Crippen molar-refractivity contribution >= 4 is 46.3 Å². The van der Waals surface area contributed by atoms with Crippen LogP contribution in [0.1, 0.15) is 63.3 Å². The van der Waals surface area contributed by atoms with Gasteiger partial charge in [0.05, 0.1) is 23.1 Å². The van der Waals surface area contributed by atoms with E-state index in [9.17, 15) is 19.5 Å². The molecule has 0 saturated heterocycles. The molecule has 2 heterocycles. The third-order valence-corrected chi connectivity index (χ3v) is 6.39. The summed E-state index contributed by atoms with van der Waals surface area (Å²) < 4.78 is 5.26. The standard InChI is InChI=1S/C26H23N5O5/c1-3-14(4-2)31-25(34)20-17(27)9-10-18(21(20)26(31)35)29-30-22-23(32)15-8-7-13(12-16(15)24(22)33)28-19-6-5-11-36-19/h5-12,14,28,32H,3-4,27H2,1-2H3. The summed E-state index contributed by atoms with van der Waals surface area (Å²) in [7, 11) is 0. The monoisotopic (exact) mass is 485 g/mol. The maximum atomic E-state index is 13.2. The summed E-state index contributed by atoms with van der Waals surface area (Å²) in [5, 5.41) is 21.8. The number of allylic oxidation sites excluding steroid dienone is 1. The number of carbonyl (C=O) groups is 3. The van der Waals surface area contributed by atoms with Gasteiger partial charge in [-0.3, -0.25) is 19.3 Å². The summed E-state index contributed by atoms with van der Waals surface area (Å²) in [5.74, 6) is -1.32. The molecule has 0 unspecified atom stereocenters. The van der Waals surface area contributed by atoms with Gasteiger partial charge < -0.3 is 20.6 Å². The minimum atomic E-state index is -0.525. The maximum Gasteiger partial charge on any atom is 0.264 e. The molecule has 10 nitrogen and oxygen atoms in total. The molecule has 4 N–H and O–H groups in total. The fourth-order valence-corrected chi connectivity index (χ4v) is 4.52. The van der Waals surface area contributed by atoms with Crippen molar-refractivity contribution in [2.24, 2.45) is 10.2 Å². The third-order valence-electron chi connectivity index (χ3n) is 6.39. The van der Waals surface area contributed by atoms with Gasteiger partial charge >= 0.3 is 0 Å². The van der Waals surface area contributed by atoms with Crippen LogP contribution in [0.3, 0.4) is 0 Å². The minimum absolute atomic E-state index is 0.0450. The lowest BCUT2D eigenvalue weighted by molar-refractivity contribution is 0.0576. The average molecular weight is 486 g/mol. The number of ketones is 1. The van der Waals surface area contributed by atoms with Crippen LogP contribution in [-0.2, 0) is 0 Å². The number of fused-ring (bicyclic) bond motifs is 2. The van der Waals surface area contributed by atoms with Crippen molar-refractivity contribution in [3.8, 4) is 0 Å². The zero-order chi connectivity index (χ0) is 25.6. The zero-order valence-electron chi connectivity index (χ0n) is 19.6. The highest BCUT2D eigenvalue weighted by Gasteiger charge is 2.42. The van der Waals surface area contributed by atoms with E-state index in [1.165, 1.54) is 23.3 Å². The van der Waals surface area contributed by atoms with Gasteiger partial charge in [0.2, 0.25) is 5.78 Å². The number of amides is 2. The first-order valence-corrected chi connectivity index (χ1v) is 11.5. The van der Waals surface area contributed by atoms with Gasteiger partial charge in [0.1, 0.15) is 0 Å².